The van der Waals surface area contributed by atoms with Gasteiger partial charge < -0.3 is 5.21 Å². The van der Waals surface area contributed by atoms with Gasteiger partial charge in [0.05, 0.1) is 5.71 Å². The molecule has 1 N–H and O–H groups in total. The van der Waals surface area contributed by atoms with Crippen LogP contribution in [0.2, 0.25) is 0 Å². The quantitative estimate of drug-likeness (QED) is 0.288. The second-order valence-electron chi connectivity index (χ2n) is 2.41. The summed E-state index contributed by atoms with van der Waals surface area (Å²) in [5.74, 6) is 2.51. The van der Waals surface area contributed by atoms with E-state index >= 15 is 0 Å². The molecule has 0 fully saturated rings. The van der Waals surface area contributed by atoms with Gasteiger partial charge in [0.25, 0.3) is 0 Å². The van der Waals surface area contributed by atoms with Crippen molar-refractivity contribution in [1.29, 1.82) is 0 Å². The zero-order chi connectivity index (χ0) is 8.97. The minimum Gasteiger partial charge on any atom is -0.411 e. The Hall–Kier alpha value is -1.75. The lowest BCUT2D eigenvalue weighted by molar-refractivity contribution is 0.319. The van der Waals surface area contributed by atoms with E-state index in [9.17, 15) is 0 Å². The molecule has 0 heterocycles. The summed E-state index contributed by atoms with van der Waals surface area (Å²) in [5.41, 5.74) is 2.19. The maximum Gasteiger partial charge on any atom is 0.0837 e. The fraction of sp³-hybridized carbons (Fsp3) is 0.100. The molecule has 0 aliphatic carbocycles. The van der Waals surface area contributed by atoms with Crippen molar-refractivity contribution in [1.82, 2.24) is 0 Å². The molecule has 0 amide bonds. The Bertz CT molecular complexity index is 347. The molecule has 0 saturated carbocycles. The van der Waals surface area contributed by atoms with E-state index in [0.717, 1.165) is 11.1 Å². The normalized spacial score (nSPS) is 10.8. The second kappa shape index (κ2) is 3.59. The Morgan fingerprint density at radius 2 is 2.33 bits per heavy atom. The molecule has 12 heavy (non-hydrogen) atoms. The van der Waals surface area contributed by atoms with Gasteiger partial charge in [-0.05, 0) is 19.1 Å². The van der Waals surface area contributed by atoms with Crippen LogP contribution in [0.5, 0.6) is 0 Å². The first kappa shape index (κ1) is 8.35. The predicted molar refractivity (Wildman–Crippen MR) is 48.4 cm³/mol. The molecule has 60 valence electrons. The first-order chi connectivity index (χ1) is 5.77. The lowest BCUT2D eigenvalue weighted by Gasteiger charge is -1.97. The Labute approximate surface area is 71.5 Å². The Morgan fingerprint density at radius 1 is 1.58 bits per heavy atom. The van der Waals surface area contributed by atoms with Crippen LogP contribution >= 0.6 is 0 Å². The lowest BCUT2D eigenvalue weighted by atomic mass is 10.1. The summed E-state index contributed by atoms with van der Waals surface area (Å²) in [6.45, 7) is 1.72. The van der Waals surface area contributed by atoms with Crippen LogP contribution < -0.4 is 0 Å². The van der Waals surface area contributed by atoms with Gasteiger partial charge >= 0.3 is 0 Å². The lowest BCUT2D eigenvalue weighted by Crippen LogP contribution is -1.94. The molecule has 1 aromatic carbocycles. The van der Waals surface area contributed by atoms with Gasteiger partial charge in [-0.25, -0.2) is 0 Å². The van der Waals surface area contributed by atoms with Crippen molar-refractivity contribution in [3.8, 4) is 12.3 Å². The van der Waals surface area contributed by atoms with Crippen molar-refractivity contribution < 1.29 is 5.21 Å². The number of nitrogens with zero attached hydrogens (tertiary/aromatic N) is 1. The van der Waals surface area contributed by atoms with E-state index in [1.807, 2.05) is 18.2 Å². The molecule has 0 aromatic heterocycles. The number of rotatable bonds is 1. The van der Waals surface area contributed by atoms with Gasteiger partial charge in [-0.3, -0.25) is 0 Å². The van der Waals surface area contributed by atoms with Crippen molar-refractivity contribution in [2.75, 3.05) is 0 Å². The predicted octanol–water partition coefficient (Wildman–Crippen LogP) is 1.87. The summed E-state index contributed by atoms with van der Waals surface area (Å²) in [6, 6.07) is 7.30. The average molecular weight is 159 g/mol. The Morgan fingerprint density at radius 3 is 2.92 bits per heavy atom. The minimum atomic E-state index is 0.562. The van der Waals surface area contributed by atoms with Crippen molar-refractivity contribution in [2.45, 2.75) is 6.92 Å². The van der Waals surface area contributed by atoms with Gasteiger partial charge in [-0.1, -0.05) is 23.2 Å². The van der Waals surface area contributed by atoms with Crippen molar-refractivity contribution >= 4 is 5.71 Å². The molecule has 1 aromatic rings. The third kappa shape index (κ3) is 1.64. The molecule has 2 heteroatoms. The highest BCUT2D eigenvalue weighted by molar-refractivity contribution is 5.98. The van der Waals surface area contributed by atoms with Gasteiger partial charge in [0.2, 0.25) is 0 Å². The van der Waals surface area contributed by atoms with Crippen molar-refractivity contribution in [3.05, 3.63) is 35.4 Å². The second-order valence-corrected chi connectivity index (χ2v) is 2.41. The van der Waals surface area contributed by atoms with E-state index in [1.54, 1.807) is 13.0 Å². The standard InChI is InChI=1S/C10H9NO/c1-3-9-5-4-6-10(7-9)8(2)11-12/h1,4-7,12H,2H3. The minimum absolute atomic E-state index is 0.562. The van der Waals surface area contributed by atoms with Gasteiger partial charge in [-0.2, -0.15) is 0 Å². The van der Waals surface area contributed by atoms with E-state index in [0.29, 0.717) is 5.71 Å². The van der Waals surface area contributed by atoms with Crippen LogP contribution in [0.3, 0.4) is 0 Å². The topological polar surface area (TPSA) is 32.6 Å². The largest absolute Gasteiger partial charge is 0.411 e. The van der Waals surface area contributed by atoms with Gasteiger partial charge in [-0.15, -0.1) is 6.42 Å². The fourth-order valence-electron chi connectivity index (χ4n) is 0.892. The number of benzene rings is 1. The molecule has 0 bridgehead atoms. The van der Waals surface area contributed by atoms with Gasteiger partial charge in [0.15, 0.2) is 0 Å². The molecule has 1 rings (SSSR count). The zero-order valence-corrected chi connectivity index (χ0v) is 6.78. The molecule has 2 nitrogen and oxygen atoms in total. The summed E-state index contributed by atoms with van der Waals surface area (Å²) in [6.07, 6.45) is 5.21. The summed E-state index contributed by atoms with van der Waals surface area (Å²) in [4.78, 5) is 0. The van der Waals surface area contributed by atoms with Crippen LogP contribution in [-0.2, 0) is 0 Å². The molecule has 0 saturated heterocycles. The van der Waals surface area contributed by atoms with E-state index in [-0.39, 0.29) is 0 Å². The van der Waals surface area contributed by atoms with E-state index < -0.39 is 0 Å². The van der Waals surface area contributed by atoms with Crippen LogP contribution in [0.4, 0.5) is 0 Å². The number of hydrogen-bond acceptors (Lipinski definition) is 2. The SMILES string of the molecule is C#Cc1cccc(C(C)=NO)c1. The summed E-state index contributed by atoms with van der Waals surface area (Å²) < 4.78 is 0. The molecular formula is C10H9NO. The number of oxime groups is 1. The molecule has 0 aliphatic rings. The van der Waals surface area contributed by atoms with E-state index in [1.165, 1.54) is 0 Å². The summed E-state index contributed by atoms with van der Waals surface area (Å²) in [5, 5.41) is 11.6. The van der Waals surface area contributed by atoms with Crippen LogP contribution in [0, 0.1) is 12.3 Å². The first-order valence-corrected chi connectivity index (χ1v) is 3.53. The first-order valence-electron chi connectivity index (χ1n) is 3.53. The van der Waals surface area contributed by atoms with Gasteiger partial charge in [0.1, 0.15) is 0 Å². The van der Waals surface area contributed by atoms with E-state index in [4.69, 9.17) is 11.6 Å². The molecule has 0 spiro atoms. The van der Waals surface area contributed by atoms with Crippen LogP contribution in [-0.4, -0.2) is 10.9 Å². The Kier molecular flexibility index (Phi) is 2.49. The molecule has 0 atom stereocenters. The van der Waals surface area contributed by atoms with Crippen molar-refractivity contribution in [2.24, 2.45) is 5.16 Å². The average Bonchev–Trinajstić information content (AvgIpc) is 2.17. The van der Waals surface area contributed by atoms with Crippen LogP contribution in [0.25, 0.3) is 0 Å². The van der Waals surface area contributed by atoms with E-state index in [2.05, 4.69) is 11.1 Å². The van der Waals surface area contributed by atoms with Crippen LogP contribution in [0.15, 0.2) is 29.4 Å². The highest BCUT2D eigenvalue weighted by Gasteiger charge is 1.96. The molecule has 0 aliphatic heterocycles. The maximum atomic E-state index is 8.49. The van der Waals surface area contributed by atoms with Gasteiger partial charge in [0, 0.05) is 11.1 Å². The van der Waals surface area contributed by atoms with Crippen molar-refractivity contribution in [3.63, 3.8) is 0 Å². The highest BCUT2D eigenvalue weighted by Crippen LogP contribution is 2.04. The third-order valence-electron chi connectivity index (χ3n) is 1.60. The summed E-state index contributed by atoms with van der Waals surface area (Å²) >= 11 is 0. The zero-order valence-electron chi connectivity index (χ0n) is 6.78. The molecule has 0 radical (unpaired) electrons. The molecule has 0 unspecified atom stereocenters. The maximum absolute atomic E-state index is 8.49. The highest BCUT2D eigenvalue weighted by atomic mass is 16.4. The Balaban J connectivity index is 3.12. The monoisotopic (exact) mass is 159 g/mol. The molecular weight excluding hydrogens is 150 g/mol. The summed E-state index contributed by atoms with van der Waals surface area (Å²) in [7, 11) is 0. The van der Waals surface area contributed by atoms with Crippen LogP contribution in [0.1, 0.15) is 18.1 Å². The third-order valence-corrected chi connectivity index (χ3v) is 1.60. The number of hydrogen-bond donors (Lipinski definition) is 1. The fourth-order valence-corrected chi connectivity index (χ4v) is 0.892. The number of terminal acetylenes is 1. The smallest absolute Gasteiger partial charge is 0.0837 e.